The molecule has 0 radical (unpaired) electrons. The summed E-state index contributed by atoms with van der Waals surface area (Å²) in [6, 6.07) is 5.52. The van der Waals surface area contributed by atoms with Gasteiger partial charge in [0.05, 0.1) is 18.8 Å². The second-order valence-electron chi connectivity index (χ2n) is 7.83. The van der Waals surface area contributed by atoms with Crippen molar-refractivity contribution in [1.82, 2.24) is 9.80 Å². The topological polar surface area (TPSA) is 51.2 Å². The molecule has 6 heteroatoms. The van der Waals surface area contributed by atoms with Gasteiger partial charge in [0.15, 0.2) is 11.5 Å². The van der Waals surface area contributed by atoms with Crippen molar-refractivity contribution in [2.75, 3.05) is 53.6 Å². The van der Waals surface area contributed by atoms with E-state index < -0.39 is 0 Å². The maximum absolute atomic E-state index is 12.9. The number of ether oxygens (including phenoxy) is 3. The fourth-order valence-corrected chi connectivity index (χ4v) is 4.44. The number of hydrogen-bond donors (Lipinski definition) is 0. The average molecular weight is 360 g/mol. The first-order chi connectivity index (χ1) is 12.6. The number of piperidine rings is 1. The van der Waals surface area contributed by atoms with Crippen molar-refractivity contribution in [3.63, 3.8) is 0 Å². The van der Waals surface area contributed by atoms with Crippen molar-refractivity contribution in [3.8, 4) is 11.5 Å². The number of carbonyl (C=O) groups excluding carboxylic acids is 1. The Morgan fingerprint density at radius 1 is 1.27 bits per heavy atom. The number of methoxy groups -OCH3 is 1. The molecule has 0 bridgehead atoms. The molecule has 0 aromatic heterocycles. The Hall–Kier alpha value is -1.79. The number of rotatable bonds is 3. The van der Waals surface area contributed by atoms with Crippen LogP contribution in [0.5, 0.6) is 11.5 Å². The number of benzene rings is 1. The summed E-state index contributed by atoms with van der Waals surface area (Å²) < 4.78 is 16.7. The molecule has 142 valence electrons. The summed E-state index contributed by atoms with van der Waals surface area (Å²) in [5, 5.41) is 0. The lowest BCUT2D eigenvalue weighted by Crippen LogP contribution is -2.72. The van der Waals surface area contributed by atoms with Gasteiger partial charge >= 0.3 is 0 Å². The maximum atomic E-state index is 12.9. The van der Waals surface area contributed by atoms with Gasteiger partial charge in [0.25, 0.3) is 5.91 Å². The first-order valence-corrected chi connectivity index (χ1v) is 9.50. The van der Waals surface area contributed by atoms with Crippen LogP contribution >= 0.6 is 0 Å². The van der Waals surface area contributed by atoms with Crippen LogP contribution in [0, 0.1) is 5.92 Å². The summed E-state index contributed by atoms with van der Waals surface area (Å²) in [5.74, 6) is 2.08. The quantitative estimate of drug-likeness (QED) is 0.826. The molecule has 1 aromatic carbocycles. The van der Waals surface area contributed by atoms with Gasteiger partial charge in [0.1, 0.15) is 0 Å². The largest absolute Gasteiger partial charge is 0.490 e. The Balaban J connectivity index is 1.43. The molecule has 3 aliphatic rings. The zero-order valence-electron chi connectivity index (χ0n) is 15.7. The Bertz CT molecular complexity index is 672. The van der Waals surface area contributed by atoms with E-state index >= 15 is 0 Å². The number of amides is 1. The molecular formula is C20H28N2O4. The lowest BCUT2D eigenvalue weighted by Gasteiger charge is -2.58. The van der Waals surface area contributed by atoms with Gasteiger partial charge in [0.2, 0.25) is 0 Å². The summed E-state index contributed by atoms with van der Waals surface area (Å²) in [6.07, 6.45) is 3.13. The van der Waals surface area contributed by atoms with Crippen molar-refractivity contribution >= 4 is 5.91 Å². The van der Waals surface area contributed by atoms with Crippen molar-refractivity contribution in [1.29, 1.82) is 0 Å². The Kier molecular flexibility index (Phi) is 4.80. The van der Waals surface area contributed by atoms with E-state index in [1.807, 2.05) is 23.1 Å². The van der Waals surface area contributed by atoms with E-state index in [1.165, 1.54) is 6.42 Å². The highest BCUT2D eigenvalue weighted by atomic mass is 16.5. The van der Waals surface area contributed by atoms with Crippen LogP contribution in [-0.4, -0.2) is 74.9 Å². The number of hydrogen-bond acceptors (Lipinski definition) is 5. The standard InChI is InChI=1S/C20H28N2O4/c1-21-7-6-15(12-24-2)11-20(21)13-22(14-20)19(23)16-4-5-17-18(10-16)26-9-3-8-25-17/h4-5,10,15H,3,6-9,11-14H2,1-2H3. The predicted molar refractivity (Wildman–Crippen MR) is 97.9 cm³/mol. The van der Waals surface area contributed by atoms with Crippen LogP contribution in [0.2, 0.25) is 0 Å². The van der Waals surface area contributed by atoms with E-state index in [2.05, 4.69) is 11.9 Å². The van der Waals surface area contributed by atoms with E-state index in [1.54, 1.807) is 7.11 Å². The predicted octanol–water partition coefficient (Wildman–Crippen LogP) is 2.03. The lowest BCUT2D eigenvalue weighted by molar-refractivity contribution is -0.0731. The van der Waals surface area contributed by atoms with Crippen LogP contribution < -0.4 is 9.47 Å². The van der Waals surface area contributed by atoms with Gasteiger partial charge in [0, 0.05) is 38.8 Å². The molecule has 3 aliphatic heterocycles. The zero-order chi connectivity index (χ0) is 18.1. The lowest BCUT2D eigenvalue weighted by atomic mass is 9.75. The van der Waals surface area contributed by atoms with Crippen LogP contribution in [0.1, 0.15) is 29.6 Å². The van der Waals surface area contributed by atoms with Crippen LogP contribution in [0.4, 0.5) is 0 Å². The van der Waals surface area contributed by atoms with Gasteiger partial charge in [-0.1, -0.05) is 0 Å². The van der Waals surface area contributed by atoms with E-state index in [0.29, 0.717) is 30.4 Å². The second-order valence-corrected chi connectivity index (χ2v) is 7.83. The third-order valence-electron chi connectivity index (χ3n) is 6.01. The molecule has 2 saturated heterocycles. The molecule has 0 N–H and O–H groups in total. The third kappa shape index (κ3) is 3.16. The van der Waals surface area contributed by atoms with Crippen molar-refractivity contribution < 1.29 is 19.0 Å². The molecule has 0 saturated carbocycles. The molecule has 1 atom stereocenters. The highest BCUT2D eigenvalue weighted by Crippen LogP contribution is 2.39. The zero-order valence-corrected chi connectivity index (χ0v) is 15.7. The Morgan fingerprint density at radius 2 is 2.04 bits per heavy atom. The molecule has 1 unspecified atom stereocenters. The molecule has 4 rings (SSSR count). The summed E-state index contributed by atoms with van der Waals surface area (Å²) in [6.45, 7) is 4.74. The SMILES string of the molecule is COCC1CCN(C)C2(C1)CN(C(=O)c1ccc3c(c1)OCCCO3)C2. The number of fused-ring (bicyclic) bond motifs is 1. The fraction of sp³-hybridized carbons (Fsp3) is 0.650. The van der Waals surface area contributed by atoms with E-state index in [4.69, 9.17) is 14.2 Å². The van der Waals surface area contributed by atoms with Crippen molar-refractivity contribution in [2.45, 2.75) is 24.8 Å². The molecule has 26 heavy (non-hydrogen) atoms. The minimum absolute atomic E-state index is 0.0773. The molecule has 1 aromatic rings. The highest BCUT2D eigenvalue weighted by molar-refractivity contribution is 5.95. The minimum Gasteiger partial charge on any atom is -0.490 e. The summed E-state index contributed by atoms with van der Waals surface area (Å²) in [5.41, 5.74) is 0.790. The van der Waals surface area contributed by atoms with Crippen molar-refractivity contribution in [3.05, 3.63) is 23.8 Å². The molecular weight excluding hydrogens is 332 g/mol. The van der Waals surface area contributed by atoms with Gasteiger partial charge in [-0.05, 0) is 50.6 Å². The number of likely N-dealkylation sites (N-methyl/N-ethyl adjacent to an activating group) is 1. The van der Waals surface area contributed by atoms with Gasteiger partial charge < -0.3 is 19.1 Å². The van der Waals surface area contributed by atoms with Gasteiger partial charge in [-0.15, -0.1) is 0 Å². The molecule has 1 spiro atoms. The Labute approximate surface area is 155 Å². The molecule has 2 fully saturated rings. The first-order valence-electron chi connectivity index (χ1n) is 9.50. The Morgan fingerprint density at radius 3 is 2.81 bits per heavy atom. The summed E-state index contributed by atoms with van der Waals surface area (Å²) >= 11 is 0. The molecule has 3 heterocycles. The summed E-state index contributed by atoms with van der Waals surface area (Å²) in [4.78, 5) is 17.3. The van der Waals surface area contributed by atoms with E-state index in [9.17, 15) is 4.79 Å². The van der Waals surface area contributed by atoms with Gasteiger partial charge in [-0.3, -0.25) is 9.69 Å². The third-order valence-corrected chi connectivity index (χ3v) is 6.01. The van der Waals surface area contributed by atoms with Gasteiger partial charge in [-0.2, -0.15) is 0 Å². The van der Waals surface area contributed by atoms with Crippen LogP contribution in [0.15, 0.2) is 18.2 Å². The van der Waals surface area contributed by atoms with Crippen LogP contribution in [0.3, 0.4) is 0 Å². The number of carbonyl (C=O) groups is 1. The molecule has 1 amide bonds. The second kappa shape index (κ2) is 7.08. The number of likely N-dealkylation sites (tertiary alicyclic amines) is 2. The van der Waals surface area contributed by atoms with Crippen LogP contribution in [-0.2, 0) is 4.74 Å². The van der Waals surface area contributed by atoms with Crippen molar-refractivity contribution in [2.24, 2.45) is 5.92 Å². The normalized spacial score (nSPS) is 24.8. The number of nitrogens with zero attached hydrogens (tertiary/aromatic N) is 2. The smallest absolute Gasteiger partial charge is 0.254 e. The minimum atomic E-state index is 0.0773. The van der Waals surface area contributed by atoms with E-state index in [0.717, 1.165) is 44.8 Å². The summed E-state index contributed by atoms with van der Waals surface area (Å²) in [7, 11) is 3.95. The van der Waals surface area contributed by atoms with Crippen LogP contribution in [0.25, 0.3) is 0 Å². The first kappa shape index (κ1) is 17.6. The maximum Gasteiger partial charge on any atom is 0.254 e. The fourth-order valence-electron chi connectivity index (χ4n) is 4.44. The van der Waals surface area contributed by atoms with E-state index in [-0.39, 0.29) is 11.4 Å². The average Bonchev–Trinajstić information content (AvgIpc) is 2.86. The monoisotopic (exact) mass is 360 g/mol. The van der Waals surface area contributed by atoms with Gasteiger partial charge in [-0.25, -0.2) is 0 Å². The molecule has 6 nitrogen and oxygen atoms in total. The molecule has 0 aliphatic carbocycles. The highest BCUT2D eigenvalue weighted by Gasteiger charge is 2.51.